The second-order valence-corrected chi connectivity index (χ2v) is 8.26. The molecule has 182 valence electrons. The smallest absolute Gasteiger partial charge is 0.426 e. The van der Waals surface area contributed by atoms with E-state index in [9.17, 15) is 18.0 Å². The maximum Gasteiger partial charge on any atom is 0.426 e. The molecule has 0 N–H and O–H groups in total. The number of benzene rings is 3. The fourth-order valence-corrected chi connectivity index (χ4v) is 3.98. The molecule has 35 heavy (non-hydrogen) atoms. The van der Waals surface area contributed by atoms with Crippen molar-refractivity contribution in [3.05, 3.63) is 89.8 Å². The molecule has 0 radical (unpaired) electrons. The third-order valence-corrected chi connectivity index (χ3v) is 5.73. The first kappa shape index (κ1) is 24.4. The molecule has 1 aliphatic rings. The number of unbranched alkanes of at least 4 members (excludes halogenated alkanes) is 2. The van der Waals surface area contributed by atoms with Gasteiger partial charge < -0.3 is 14.2 Å². The number of carbonyl (C=O) groups excluding carboxylic acids is 1. The summed E-state index contributed by atoms with van der Waals surface area (Å²) < 4.78 is 59.2. The molecule has 0 heterocycles. The molecule has 0 saturated heterocycles. The topological polar surface area (TPSA) is 44.8 Å². The van der Waals surface area contributed by atoms with Gasteiger partial charge in [-0.2, -0.15) is 8.78 Å². The average molecular weight is 482 g/mol. The summed E-state index contributed by atoms with van der Waals surface area (Å²) in [6.07, 6.45) is 0.841. The standard InChI is InChI=1S/C28H25F3O4/c1-3-5-6-13-33-21-8-10-23-18(15-21)14-19-16-22(9-11-24(19)23)35-28(30,31)20-7-12-26(25(29)17-20)34-27(32)4-2/h4,7-12,15-17H,2-3,5-6,13-14H2,1H3. The van der Waals surface area contributed by atoms with Crippen LogP contribution in [0.3, 0.4) is 0 Å². The summed E-state index contributed by atoms with van der Waals surface area (Å²) in [4.78, 5) is 11.2. The van der Waals surface area contributed by atoms with E-state index in [0.29, 0.717) is 19.1 Å². The van der Waals surface area contributed by atoms with E-state index in [1.165, 1.54) is 6.07 Å². The van der Waals surface area contributed by atoms with Gasteiger partial charge in [0.05, 0.1) is 12.2 Å². The molecule has 1 aliphatic carbocycles. The molecule has 0 aromatic heterocycles. The number of halogens is 3. The molecule has 0 fully saturated rings. The second-order valence-electron chi connectivity index (χ2n) is 8.26. The number of carbonyl (C=O) groups is 1. The van der Waals surface area contributed by atoms with Gasteiger partial charge in [0.1, 0.15) is 11.5 Å². The monoisotopic (exact) mass is 482 g/mol. The minimum absolute atomic E-state index is 0.0415. The zero-order valence-electron chi connectivity index (χ0n) is 19.3. The maximum atomic E-state index is 14.8. The summed E-state index contributed by atoms with van der Waals surface area (Å²) in [6, 6.07) is 13.1. The molecule has 0 bridgehead atoms. The SMILES string of the molecule is C=CC(=O)Oc1ccc(C(F)(F)Oc2ccc3c(c2)Cc2cc(OCCCCC)ccc2-3)cc1F. The molecule has 3 aromatic carbocycles. The van der Waals surface area contributed by atoms with Crippen molar-refractivity contribution >= 4 is 5.97 Å². The lowest BCUT2D eigenvalue weighted by molar-refractivity contribution is -0.185. The van der Waals surface area contributed by atoms with E-state index in [4.69, 9.17) is 9.47 Å². The Morgan fingerprint density at radius 1 is 1.00 bits per heavy atom. The van der Waals surface area contributed by atoms with Crippen LogP contribution in [0.1, 0.15) is 42.9 Å². The van der Waals surface area contributed by atoms with Crippen LogP contribution in [0.4, 0.5) is 13.2 Å². The lowest BCUT2D eigenvalue weighted by Gasteiger charge is -2.19. The van der Waals surface area contributed by atoms with E-state index in [1.807, 2.05) is 18.2 Å². The van der Waals surface area contributed by atoms with Gasteiger partial charge in [-0.25, -0.2) is 9.18 Å². The van der Waals surface area contributed by atoms with Gasteiger partial charge in [0.15, 0.2) is 11.6 Å². The summed E-state index contributed by atoms with van der Waals surface area (Å²) in [6.45, 7) is 6.00. The van der Waals surface area contributed by atoms with Gasteiger partial charge >= 0.3 is 12.1 Å². The van der Waals surface area contributed by atoms with Crippen molar-refractivity contribution < 1.29 is 32.2 Å². The largest absolute Gasteiger partial charge is 0.494 e. The first-order chi connectivity index (χ1) is 16.8. The first-order valence-electron chi connectivity index (χ1n) is 11.4. The summed E-state index contributed by atoms with van der Waals surface area (Å²) >= 11 is 0. The van der Waals surface area contributed by atoms with Crippen LogP contribution in [0, 0.1) is 5.82 Å². The number of hydrogen-bond donors (Lipinski definition) is 0. The van der Waals surface area contributed by atoms with Crippen LogP contribution in [-0.2, 0) is 17.3 Å². The highest BCUT2D eigenvalue weighted by atomic mass is 19.3. The lowest BCUT2D eigenvalue weighted by atomic mass is 10.1. The number of esters is 1. The van der Waals surface area contributed by atoms with E-state index in [2.05, 4.69) is 18.2 Å². The van der Waals surface area contributed by atoms with Crippen molar-refractivity contribution in [2.75, 3.05) is 6.61 Å². The molecule has 0 unspecified atom stereocenters. The molecular weight excluding hydrogens is 457 g/mol. The van der Waals surface area contributed by atoms with Crippen molar-refractivity contribution in [1.82, 2.24) is 0 Å². The van der Waals surface area contributed by atoms with E-state index in [-0.39, 0.29) is 5.75 Å². The first-order valence-corrected chi connectivity index (χ1v) is 11.4. The summed E-state index contributed by atoms with van der Waals surface area (Å²) in [5.41, 5.74) is 3.19. The number of alkyl halides is 2. The molecule has 0 spiro atoms. The highest BCUT2D eigenvalue weighted by molar-refractivity contribution is 5.83. The fraction of sp³-hybridized carbons (Fsp3) is 0.250. The summed E-state index contributed by atoms with van der Waals surface area (Å²) in [5.74, 6) is -1.73. The normalized spacial score (nSPS) is 12.0. The Labute approximate surface area is 201 Å². The van der Waals surface area contributed by atoms with Gasteiger partial charge in [0, 0.05) is 6.08 Å². The number of hydrogen-bond acceptors (Lipinski definition) is 4. The van der Waals surface area contributed by atoms with Crippen molar-refractivity contribution in [3.63, 3.8) is 0 Å². The van der Waals surface area contributed by atoms with Gasteiger partial charge in [-0.1, -0.05) is 38.5 Å². The highest BCUT2D eigenvalue weighted by Crippen LogP contribution is 2.41. The van der Waals surface area contributed by atoms with Crippen molar-refractivity contribution in [2.24, 2.45) is 0 Å². The molecule has 0 amide bonds. The third-order valence-electron chi connectivity index (χ3n) is 5.73. The van der Waals surface area contributed by atoms with Crippen LogP contribution >= 0.6 is 0 Å². The molecule has 0 atom stereocenters. The second kappa shape index (κ2) is 10.3. The Kier molecular flexibility index (Phi) is 7.15. The molecule has 4 nitrogen and oxygen atoms in total. The van der Waals surface area contributed by atoms with Crippen LogP contribution < -0.4 is 14.2 Å². The van der Waals surface area contributed by atoms with Crippen LogP contribution in [0.5, 0.6) is 17.2 Å². The molecule has 0 aliphatic heterocycles. The Balaban J connectivity index is 1.47. The van der Waals surface area contributed by atoms with E-state index >= 15 is 0 Å². The number of rotatable bonds is 10. The van der Waals surface area contributed by atoms with Gasteiger partial charge in [0.2, 0.25) is 0 Å². The van der Waals surface area contributed by atoms with Gasteiger partial charge in [-0.15, -0.1) is 0 Å². The van der Waals surface area contributed by atoms with E-state index in [0.717, 1.165) is 65.5 Å². The van der Waals surface area contributed by atoms with E-state index in [1.54, 1.807) is 12.1 Å². The fourth-order valence-electron chi connectivity index (χ4n) is 3.98. The van der Waals surface area contributed by atoms with Crippen molar-refractivity contribution in [3.8, 4) is 28.4 Å². The zero-order chi connectivity index (χ0) is 25.0. The highest BCUT2D eigenvalue weighted by Gasteiger charge is 2.36. The third kappa shape index (κ3) is 5.50. The average Bonchev–Trinajstić information content (AvgIpc) is 3.19. The zero-order valence-corrected chi connectivity index (χ0v) is 19.3. The summed E-state index contributed by atoms with van der Waals surface area (Å²) in [7, 11) is 0. The Hall–Kier alpha value is -3.74. The quantitative estimate of drug-likeness (QED) is 0.104. The Morgan fingerprint density at radius 2 is 1.69 bits per heavy atom. The summed E-state index contributed by atoms with van der Waals surface area (Å²) in [5, 5.41) is 0. The van der Waals surface area contributed by atoms with Crippen LogP contribution in [0.15, 0.2) is 67.3 Å². The molecular formula is C28H25F3O4. The van der Waals surface area contributed by atoms with Crippen LogP contribution in [0.25, 0.3) is 11.1 Å². The number of ether oxygens (including phenoxy) is 3. The van der Waals surface area contributed by atoms with Gasteiger partial charge in [-0.3, -0.25) is 0 Å². The lowest BCUT2D eigenvalue weighted by Crippen LogP contribution is -2.22. The number of fused-ring (bicyclic) bond motifs is 3. The Morgan fingerprint density at radius 3 is 2.34 bits per heavy atom. The van der Waals surface area contributed by atoms with Crippen LogP contribution in [-0.4, -0.2) is 12.6 Å². The predicted octanol–water partition coefficient (Wildman–Crippen LogP) is 7.19. The Bertz CT molecular complexity index is 1250. The molecule has 0 saturated carbocycles. The molecule has 3 aromatic rings. The van der Waals surface area contributed by atoms with Gasteiger partial charge in [0.25, 0.3) is 0 Å². The minimum Gasteiger partial charge on any atom is -0.494 e. The van der Waals surface area contributed by atoms with Crippen molar-refractivity contribution in [2.45, 2.75) is 38.7 Å². The minimum atomic E-state index is -3.80. The van der Waals surface area contributed by atoms with Gasteiger partial charge in [-0.05, 0) is 77.6 Å². The van der Waals surface area contributed by atoms with Crippen molar-refractivity contribution in [1.29, 1.82) is 0 Å². The van der Waals surface area contributed by atoms with Crippen LogP contribution in [0.2, 0.25) is 0 Å². The maximum absolute atomic E-state index is 14.8. The molecule has 7 heteroatoms. The van der Waals surface area contributed by atoms with E-state index < -0.39 is 29.2 Å². The predicted molar refractivity (Wildman–Crippen MR) is 126 cm³/mol. The molecule has 4 rings (SSSR count).